The maximum absolute atomic E-state index is 13.2. The lowest BCUT2D eigenvalue weighted by Crippen LogP contribution is -2.25. The Morgan fingerprint density at radius 3 is 2.51 bits per heavy atom. The van der Waals surface area contributed by atoms with Crippen LogP contribution >= 0.6 is 23.8 Å². The lowest BCUT2D eigenvalue weighted by molar-refractivity contribution is 0.324. The first-order valence-corrected chi connectivity index (χ1v) is 11.2. The fourth-order valence-corrected chi connectivity index (χ4v) is 3.99. The van der Waals surface area contributed by atoms with Crippen molar-refractivity contribution in [2.75, 3.05) is 21.3 Å². The number of aryl methyl sites for hydroxylation is 1. The Kier molecular flexibility index (Phi) is 7.13. The summed E-state index contributed by atoms with van der Waals surface area (Å²) in [5.74, 6) is 1.40. The Morgan fingerprint density at radius 1 is 1.14 bits per heavy atom. The Labute approximate surface area is 211 Å². The van der Waals surface area contributed by atoms with Gasteiger partial charge in [0.2, 0.25) is 10.5 Å². The number of ether oxygens (including phenoxy) is 3. The summed E-state index contributed by atoms with van der Waals surface area (Å²) in [5.41, 5.74) is 2.82. The minimum Gasteiger partial charge on any atom is -0.493 e. The average Bonchev–Trinajstić information content (AvgIpc) is 2.85. The first-order valence-electron chi connectivity index (χ1n) is 10.5. The number of nitrogens with one attached hydrogen (secondary N) is 1. The molecule has 2 aromatic heterocycles. The second-order valence-corrected chi connectivity index (χ2v) is 8.31. The lowest BCUT2D eigenvalue weighted by Gasteiger charge is -2.14. The molecule has 2 aromatic carbocycles. The van der Waals surface area contributed by atoms with Crippen LogP contribution in [0.2, 0.25) is 5.15 Å². The number of aromatic amines is 1. The molecule has 1 N–H and O–H groups in total. The van der Waals surface area contributed by atoms with Crippen LogP contribution in [0.3, 0.4) is 0 Å². The van der Waals surface area contributed by atoms with Gasteiger partial charge >= 0.3 is 0 Å². The summed E-state index contributed by atoms with van der Waals surface area (Å²) in [5, 5.41) is 12.2. The van der Waals surface area contributed by atoms with Crippen molar-refractivity contribution < 1.29 is 14.2 Å². The van der Waals surface area contributed by atoms with E-state index in [1.54, 1.807) is 12.1 Å². The highest BCUT2D eigenvalue weighted by Gasteiger charge is 2.16. The first-order chi connectivity index (χ1) is 16.9. The minimum absolute atomic E-state index is 0.0422. The Morgan fingerprint density at radius 2 is 1.86 bits per heavy atom. The van der Waals surface area contributed by atoms with Crippen LogP contribution in [-0.4, -0.2) is 47.4 Å². The van der Waals surface area contributed by atoms with Crippen LogP contribution < -0.4 is 19.8 Å². The number of aromatic nitrogens is 4. The predicted octanol–water partition coefficient (Wildman–Crippen LogP) is 4.31. The molecular weight excluding hydrogens is 490 g/mol. The maximum atomic E-state index is 13.2. The molecule has 9 nitrogen and oxygen atoms in total. The number of H-pyrrole nitrogens is 1. The number of pyridine rings is 1. The van der Waals surface area contributed by atoms with E-state index in [0.29, 0.717) is 22.8 Å². The van der Waals surface area contributed by atoms with Crippen molar-refractivity contribution in [3.05, 3.63) is 79.1 Å². The molecular formula is C24H22ClN5O4S. The van der Waals surface area contributed by atoms with Gasteiger partial charge in [0.15, 0.2) is 11.5 Å². The number of fused-ring (bicyclic) bond motifs is 1. The van der Waals surface area contributed by atoms with E-state index in [0.717, 1.165) is 26.7 Å². The fraction of sp³-hybridized carbons (Fsp3) is 0.208. The van der Waals surface area contributed by atoms with Gasteiger partial charge in [-0.15, -0.1) is 0 Å². The van der Waals surface area contributed by atoms with E-state index in [9.17, 15) is 4.79 Å². The molecule has 0 bridgehead atoms. The van der Waals surface area contributed by atoms with Crippen molar-refractivity contribution in [3.8, 4) is 17.2 Å². The zero-order chi connectivity index (χ0) is 25.1. The molecule has 2 heterocycles. The molecule has 35 heavy (non-hydrogen) atoms. The van der Waals surface area contributed by atoms with Gasteiger partial charge in [-0.05, 0) is 48.5 Å². The second kappa shape index (κ2) is 10.2. The van der Waals surface area contributed by atoms with Crippen molar-refractivity contribution in [2.45, 2.75) is 13.3 Å². The van der Waals surface area contributed by atoms with E-state index < -0.39 is 5.56 Å². The van der Waals surface area contributed by atoms with Gasteiger partial charge in [-0.1, -0.05) is 29.8 Å². The van der Waals surface area contributed by atoms with Crippen molar-refractivity contribution in [1.29, 1.82) is 0 Å². The third-order valence-corrected chi connectivity index (χ3v) is 5.92. The SMILES string of the molecule is COc1cc(Cc2n[nH]c(=S)n(/N=C/c3cc4cccc(C)c4nc3Cl)c2=O)cc(OC)c1OC. The molecule has 4 aromatic rings. The van der Waals surface area contributed by atoms with Gasteiger partial charge < -0.3 is 14.2 Å². The molecule has 11 heteroatoms. The first kappa shape index (κ1) is 24.4. The summed E-state index contributed by atoms with van der Waals surface area (Å²) in [6, 6.07) is 11.2. The van der Waals surface area contributed by atoms with Gasteiger partial charge in [-0.25, -0.2) is 4.98 Å². The molecule has 0 saturated carbocycles. The van der Waals surface area contributed by atoms with Gasteiger partial charge in [-0.2, -0.15) is 14.9 Å². The van der Waals surface area contributed by atoms with Crippen LogP contribution in [0.5, 0.6) is 17.2 Å². The highest BCUT2D eigenvalue weighted by atomic mass is 35.5. The predicted molar refractivity (Wildman–Crippen MR) is 137 cm³/mol. The number of methoxy groups -OCH3 is 3. The van der Waals surface area contributed by atoms with E-state index in [1.807, 2.05) is 31.2 Å². The van der Waals surface area contributed by atoms with E-state index in [2.05, 4.69) is 20.3 Å². The zero-order valence-electron chi connectivity index (χ0n) is 19.5. The summed E-state index contributed by atoms with van der Waals surface area (Å²) in [4.78, 5) is 17.6. The normalized spacial score (nSPS) is 11.2. The van der Waals surface area contributed by atoms with Crippen LogP contribution in [-0.2, 0) is 6.42 Å². The van der Waals surface area contributed by atoms with Crippen LogP contribution in [0.25, 0.3) is 10.9 Å². The summed E-state index contributed by atoms with van der Waals surface area (Å²) in [7, 11) is 4.57. The Bertz CT molecular complexity index is 1540. The average molecular weight is 512 g/mol. The smallest absolute Gasteiger partial charge is 0.297 e. The van der Waals surface area contributed by atoms with Gasteiger partial charge in [0.05, 0.1) is 33.1 Å². The molecule has 4 rings (SSSR count). The number of halogens is 1. The van der Waals surface area contributed by atoms with Crippen molar-refractivity contribution in [1.82, 2.24) is 19.9 Å². The van der Waals surface area contributed by atoms with Gasteiger partial charge in [0.1, 0.15) is 10.8 Å². The molecule has 0 fully saturated rings. The van der Waals surface area contributed by atoms with Crippen LogP contribution in [0.4, 0.5) is 0 Å². The standard InChI is InChI=1S/C24H22ClN5O4S/c1-13-6-5-7-15-11-16(22(25)27-20(13)15)12-26-30-23(31)17(28-29-24(30)35)8-14-9-18(32-2)21(34-4)19(10-14)33-3/h5-7,9-12H,8H2,1-4H3,(H,29,35)/b26-12+. The third-order valence-electron chi connectivity index (χ3n) is 5.35. The number of benzene rings is 2. The summed E-state index contributed by atoms with van der Waals surface area (Å²) in [6.45, 7) is 1.96. The van der Waals surface area contributed by atoms with Gasteiger partial charge in [0.25, 0.3) is 5.56 Å². The number of hydrogen-bond acceptors (Lipinski definition) is 8. The summed E-state index contributed by atoms with van der Waals surface area (Å²) in [6.07, 6.45) is 1.63. The number of nitrogens with zero attached hydrogens (tertiary/aromatic N) is 4. The number of para-hydroxylation sites is 1. The molecule has 0 radical (unpaired) electrons. The largest absolute Gasteiger partial charge is 0.493 e. The van der Waals surface area contributed by atoms with Gasteiger partial charge in [0, 0.05) is 17.4 Å². The summed E-state index contributed by atoms with van der Waals surface area (Å²) >= 11 is 11.6. The number of rotatable bonds is 7. The summed E-state index contributed by atoms with van der Waals surface area (Å²) < 4.78 is 17.2. The highest BCUT2D eigenvalue weighted by molar-refractivity contribution is 7.71. The third kappa shape index (κ3) is 4.89. The molecule has 0 aliphatic carbocycles. The topological polar surface area (TPSA) is 104 Å². The van der Waals surface area contributed by atoms with E-state index in [1.165, 1.54) is 27.5 Å². The van der Waals surface area contributed by atoms with Crippen LogP contribution in [0.1, 0.15) is 22.4 Å². The van der Waals surface area contributed by atoms with Crippen molar-refractivity contribution in [2.24, 2.45) is 5.10 Å². The quantitative estimate of drug-likeness (QED) is 0.224. The van der Waals surface area contributed by atoms with E-state index in [-0.39, 0.29) is 22.0 Å². The molecule has 0 aliphatic rings. The molecule has 0 aliphatic heterocycles. The van der Waals surface area contributed by atoms with Crippen LogP contribution in [0.15, 0.2) is 46.3 Å². The highest BCUT2D eigenvalue weighted by Crippen LogP contribution is 2.38. The van der Waals surface area contributed by atoms with Crippen molar-refractivity contribution >= 4 is 40.9 Å². The molecule has 0 amide bonds. The van der Waals surface area contributed by atoms with Crippen molar-refractivity contribution in [3.63, 3.8) is 0 Å². The molecule has 0 saturated heterocycles. The molecule has 0 spiro atoms. The maximum Gasteiger partial charge on any atom is 0.297 e. The van der Waals surface area contributed by atoms with E-state index >= 15 is 0 Å². The molecule has 180 valence electrons. The second-order valence-electron chi connectivity index (χ2n) is 7.56. The zero-order valence-corrected chi connectivity index (χ0v) is 21.0. The number of hydrogen-bond donors (Lipinski definition) is 1. The Hall–Kier alpha value is -3.76. The van der Waals surface area contributed by atoms with Gasteiger partial charge in [-0.3, -0.25) is 9.89 Å². The van der Waals surface area contributed by atoms with Crippen LogP contribution in [0, 0.1) is 11.7 Å². The monoisotopic (exact) mass is 511 g/mol. The Balaban J connectivity index is 1.71. The lowest BCUT2D eigenvalue weighted by atomic mass is 10.1. The minimum atomic E-state index is -0.473. The molecule has 0 unspecified atom stereocenters. The van der Waals surface area contributed by atoms with E-state index in [4.69, 9.17) is 38.0 Å². The molecule has 0 atom stereocenters. The fourth-order valence-electron chi connectivity index (χ4n) is 3.63.